The molecule has 1 atom stereocenters. The van der Waals surface area contributed by atoms with E-state index in [9.17, 15) is 0 Å². The number of thiophene rings is 1. The van der Waals surface area contributed by atoms with Gasteiger partial charge in [0.15, 0.2) is 0 Å². The van der Waals surface area contributed by atoms with Crippen molar-refractivity contribution in [2.24, 2.45) is 0 Å². The highest BCUT2D eigenvalue weighted by molar-refractivity contribution is 7.16. The second-order valence-corrected chi connectivity index (χ2v) is 6.87. The van der Waals surface area contributed by atoms with Gasteiger partial charge < -0.3 is 5.32 Å². The van der Waals surface area contributed by atoms with Gasteiger partial charge in [-0.15, -0.1) is 11.3 Å². The SMILES string of the molecule is Cc1cc(C)c(CNC(C)c2ccc(Cl)s2)c(C)c1. The molecular weight excluding hydrogens is 274 g/mol. The Hall–Kier alpha value is -0.830. The van der Waals surface area contributed by atoms with Crippen molar-refractivity contribution in [3.63, 3.8) is 0 Å². The van der Waals surface area contributed by atoms with Crippen LogP contribution in [0.2, 0.25) is 4.34 Å². The van der Waals surface area contributed by atoms with Crippen LogP contribution in [0.3, 0.4) is 0 Å². The molecule has 1 nitrogen and oxygen atoms in total. The number of rotatable bonds is 4. The van der Waals surface area contributed by atoms with E-state index in [1.807, 2.05) is 6.07 Å². The molecule has 0 saturated carbocycles. The summed E-state index contributed by atoms with van der Waals surface area (Å²) < 4.78 is 0.853. The average molecular weight is 294 g/mol. The van der Waals surface area contributed by atoms with Crippen molar-refractivity contribution in [2.75, 3.05) is 0 Å². The second-order valence-electron chi connectivity index (χ2n) is 5.12. The van der Waals surface area contributed by atoms with E-state index in [-0.39, 0.29) is 0 Å². The van der Waals surface area contributed by atoms with Crippen LogP contribution in [0.5, 0.6) is 0 Å². The lowest BCUT2D eigenvalue weighted by molar-refractivity contribution is 0.580. The van der Waals surface area contributed by atoms with Crippen molar-refractivity contribution in [1.29, 1.82) is 0 Å². The van der Waals surface area contributed by atoms with E-state index in [0.29, 0.717) is 6.04 Å². The molecule has 0 saturated heterocycles. The number of hydrogen-bond donors (Lipinski definition) is 1. The van der Waals surface area contributed by atoms with E-state index in [1.165, 1.54) is 27.1 Å². The molecule has 1 aromatic heterocycles. The molecule has 0 amide bonds. The van der Waals surface area contributed by atoms with E-state index in [4.69, 9.17) is 11.6 Å². The van der Waals surface area contributed by atoms with Gasteiger partial charge >= 0.3 is 0 Å². The van der Waals surface area contributed by atoms with Crippen LogP contribution in [-0.4, -0.2) is 0 Å². The maximum atomic E-state index is 5.98. The summed E-state index contributed by atoms with van der Waals surface area (Å²) in [7, 11) is 0. The largest absolute Gasteiger partial charge is 0.305 e. The predicted molar refractivity (Wildman–Crippen MR) is 85.2 cm³/mol. The zero-order valence-corrected chi connectivity index (χ0v) is 13.5. The summed E-state index contributed by atoms with van der Waals surface area (Å²) in [5.74, 6) is 0. The molecule has 1 aromatic carbocycles. The van der Waals surface area contributed by atoms with Gasteiger partial charge in [-0.05, 0) is 56.5 Å². The minimum atomic E-state index is 0.331. The smallest absolute Gasteiger partial charge is 0.0931 e. The van der Waals surface area contributed by atoms with E-state index in [2.05, 4.69) is 51.2 Å². The van der Waals surface area contributed by atoms with Gasteiger partial charge in [0.25, 0.3) is 0 Å². The van der Waals surface area contributed by atoms with Crippen LogP contribution in [0.25, 0.3) is 0 Å². The highest BCUT2D eigenvalue weighted by Gasteiger charge is 2.09. The molecule has 2 rings (SSSR count). The topological polar surface area (TPSA) is 12.0 Å². The lowest BCUT2D eigenvalue weighted by Gasteiger charge is -2.16. The van der Waals surface area contributed by atoms with Crippen LogP contribution >= 0.6 is 22.9 Å². The molecule has 0 aliphatic carbocycles. The molecule has 1 N–H and O–H groups in total. The van der Waals surface area contributed by atoms with Gasteiger partial charge in [0, 0.05) is 17.5 Å². The lowest BCUT2D eigenvalue weighted by atomic mass is 9.99. The molecule has 0 bridgehead atoms. The molecular formula is C16H20ClNS. The van der Waals surface area contributed by atoms with Gasteiger partial charge in [0.05, 0.1) is 4.34 Å². The first kappa shape index (κ1) is 14.6. The van der Waals surface area contributed by atoms with Gasteiger partial charge in [-0.2, -0.15) is 0 Å². The van der Waals surface area contributed by atoms with Crippen molar-refractivity contribution in [3.05, 3.63) is 55.7 Å². The van der Waals surface area contributed by atoms with Crippen LogP contribution < -0.4 is 5.32 Å². The van der Waals surface area contributed by atoms with Gasteiger partial charge in [0.2, 0.25) is 0 Å². The summed E-state index contributed by atoms with van der Waals surface area (Å²) in [5, 5.41) is 3.58. The lowest BCUT2D eigenvalue weighted by Crippen LogP contribution is -2.18. The van der Waals surface area contributed by atoms with Crippen molar-refractivity contribution < 1.29 is 0 Å². The molecule has 0 fully saturated rings. The Labute approximate surface area is 124 Å². The third-order valence-corrected chi connectivity index (χ3v) is 4.86. The molecule has 1 unspecified atom stereocenters. The molecule has 2 aromatic rings. The zero-order valence-electron chi connectivity index (χ0n) is 11.9. The summed E-state index contributed by atoms with van der Waals surface area (Å²) in [6.07, 6.45) is 0. The Kier molecular flexibility index (Phi) is 4.67. The Balaban J connectivity index is 2.07. The minimum Gasteiger partial charge on any atom is -0.305 e. The molecule has 3 heteroatoms. The van der Waals surface area contributed by atoms with Crippen molar-refractivity contribution in [1.82, 2.24) is 5.32 Å². The first-order valence-corrected chi connectivity index (χ1v) is 7.72. The van der Waals surface area contributed by atoms with Crippen LogP contribution in [0, 0.1) is 20.8 Å². The number of benzene rings is 1. The molecule has 0 aliphatic rings. The van der Waals surface area contributed by atoms with E-state index < -0.39 is 0 Å². The van der Waals surface area contributed by atoms with Gasteiger partial charge in [0.1, 0.15) is 0 Å². The summed E-state index contributed by atoms with van der Waals surface area (Å²) in [6, 6.07) is 8.88. The first-order chi connectivity index (χ1) is 8.97. The molecule has 0 aliphatic heterocycles. The number of aryl methyl sites for hydroxylation is 3. The first-order valence-electron chi connectivity index (χ1n) is 6.52. The fraction of sp³-hybridized carbons (Fsp3) is 0.375. The normalized spacial score (nSPS) is 12.7. The minimum absolute atomic E-state index is 0.331. The Morgan fingerprint density at radius 2 is 1.79 bits per heavy atom. The number of hydrogen-bond acceptors (Lipinski definition) is 2. The third-order valence-electron chi connectivity index (χ3n) is 3.45. The predicted octanol–water partition coefficient (Wildman–Crippen LogP) is 5.18. The number of halogens is 1. The standard InChI is InChI=1S/C16H20ClNS/c1-10-7-11(2)14(12(3)8-10)9-18-13(4)15-5-6-16(17)19-15/h5-8,13,18H,9H2,1-4H3. The molecule has 102 valence electrons. The Bertz CT molecular complexity index is 551. The monoisotopic (exact) mass is 293 g/mol. The van der Waals surface area contributed by atoms with E-state index in [0.717, 1.165) is 10.9 Å². The van der Waals surface area contributed by atoms with Gasteiger partial charge in [-0.3, -0.25) is 0 Å². The highest BCUT2D eigenvalue weighted by Crippen LogP contribution is 2.27. The summed E-state index contributed by atoms with van der Waals surface area (Å²) in [5.41, 5.74) is 5.46. The van der Waals surface area contributed by atoms with Crippen LogP contribution in [0.15, 0.2) is 24.3 Å². The molecule has 0 radical (unpaired) electrons. The maximum absolute atomic E-state index is 5.98. The van der Waals surface area contributed by atoms with Crippen molar-refractivity contribution in [2.45, 2.75) is 40.3 Å². The number of nitrogens with one attached hydrogen (secondary N) is 1. The van der Waals surface area contributed by atoms with Gasteiger partial charge in [-0.1, -0.05) is 29.3 Å². The second kappa shape index (κ2) is 6.08. The Morgan fingerprint density at radius 1 is 1.16 bits per heavy atom. The van der Waals surface area contributed by atoms with E-state index >= 15 is 0 Å². The summed E-state index contributed by atoms with van der Waals surface area (Å²) in [4.78, 5) is 1.28. The highest BCUT2D eigenvalue weighted by atomic mass is 35.5. The zero-order chi connectivity index (χ0) is 14.0. The quantitative estimate of drug-likeness (QED) is 0.819. The van der Waals surface area contributed by atoms with Crippen LogP contribution in [-0.2, 0) is 6.54 Å². The molecule has 1 heterocycles. The third kappa shape index (κ3) is 3.59. The van der Waals surface area contributed by atoms with Crippen molar-refractivity contribution in [3.8, 4) is 0 Å². The molecule has 0 spiro atoms. The summed E-state index contributed by atoms with van der Waals surface area (Å²) >= 11 is 7.63. The van der Waals surface area contributed by atoms with E-state index in [1.54, 1.807) is 11.3 Å². The van der Waals surface area contributed by atoms with Crippen molar-refractivity contribution >= 4 is 22.9 Å². The van der Waals surface area contributed by atoms with Crippen LogP contribution in [0.4, 0.5) is 0 Å². The van der Waals surface area contributed by atoms with Crippen LogP contribution in [0.1, 0.15) is 40.1 Å². The fourth-order valence-electron chi connectivity index (χ4n) is 2.41. The maximum Gasteiger partial charge on any atom is 0.0931 e. The average Bonchev–Trinajstić information content (AvgIpc) is 2.74. The fourth-order valence-corrected chi connectivity index (χ4v) is 3.49. The Morgan fingerprint density at radius 3 is 2.32 bits per heavy atom. The summed E-state index contributed by atoms with van der Waals surface area (Å²) in [6.45, 7) is 9.59. The molecule has 19 heavy (non-hydrogen) atoms. The van der Waals surface area contributed by atoms with Gasteiger partial charge in [-0.25, -0.2) is 0 Å².